The average Bonchev–Trinajstić information content (AvgIpc) is 2.11. The summed E-state index contributed by atoms with van der Waals surface area (Å²) in [5.74, 6) is 0.269. The fraction of sp³-hybridized carbons (Fsp3) is 0.600. The lowest BCUT2D eigenvalue weighted by Crippen LogP contribution is -2.19. The average molecular weight is 212 g/mol. The van der Waals surface area contributed by atoms with Crippen molar-refractivity contribution in [1.82, 2.24) is 9.97 Å². The van der Waals surface area contributed by atoms with E-state index in [1.807, 2.05) is 20.8 Å². The van der Waals surface area contributed by atoms with Crippen LogP contribution in [0.5, 0.6) is 5.88 Å². The van der Waals surface area contributed by atoms with Gasteiger partial charge in [-0.15, -0.1) is 0 Å². The number of aromatic hydroxyl groups is 1. The number of aromatic nitrogens is 2. The quantitative estimate of drug-likeness (QED) is 0.786. The number of nitrogens with zero attached hydrogens (tertiary/aromatic N) is 1. The first-order chi connectivity index (χ1) is 7.04. The topological polar surface area (TPSA) is 75.2 Å². The van der Waals surface area contributed by atoms with Gasteiger partial charge in [-0.3, -0.25) is 4.79 Å². The van der Waals surface area contributed by atoms with Gasteiger partial charge in [-0.1, -0.05) is 13.8 Å². The van der Waals surface area contributed by atoms with Gasteiger partial charge in [0.2, 0.25) is 5.88 Å². The minimum absolute atomic E-state index is 0.176. The van der Waals surface area contributed by atoms with Gasteiger partial charge in [0.15, 0.2) is 0 Å². The largest absolute Gasteiger partial charge is 0.493 e. The first kappa shape index (κ1) is 11.7. The second kappa shape index (κ2) is 4.93. The molecule has 0 aliphatic rings. The van der Waals surface area contributed by atoms with Crippen molar-refractivity contribution < 1.29 is 9.84 Å². The molecule has 0 aromatic carbocycles. The van der Waals surface area contributed by atoms with Gasteiger partial charge in [0.25, 0.3) is 5.56 Å². The van der Waals surface area contributed by atoms with E-state index in [0.29, 0.717) is 12.4 Å². The summed E-state index contributed by atoms with van der Waals surface area (Å²) in [6.45, 7) is 6.33. The number of aromatic amines is 1. The summed E-state index contributed by atoms with van der Waals surface area (Å²) >= 11 is 0. The molecule has 0 fully saturated rings. The lowest BCUT2D eigenvalue weighted by molar-refractivity contribution is 0.0226. The van der Waals surface area contributed by atoms with Gasteiger partial charge in [-0.2, -0.15) is 4.98 Å². The third kappa shape index (κ3) is 3.06. The van der Waals surface area contributed by atoms with Crippen molar-refractivity contribution in [2.45, 2.75) is 26.9 Å². The molecule has 0 bridgehead atoms. The van der Waals surface area contributed by atoms with Crippen molar-refractivity contribution in [2.24, 2.45) is 5.92 Å². The zero-order valence-electron chi connectivity index (χ0n) is 9.15. The van der Waals surface area contributed by atoms with Gasteiger partial charge >= 0.3 is 0 Å². The predicted molar refractivity (Wildman–Crippen MR) is 55.7 cm³/mol. The predicted octanol–water partition coefficient (Wildman–Crippen LogP) is 1.21. The summed E-state index contributed by atoms with van der Waals surface area (Å²) in [7, 11) is 0. The maximum atomic E-state index is 11.1. The zero-order chi connectivity index (χ0) is 11.4. The van der Waals surface area contributed by atoms with Crippen molar-refractivity contribution in [3.63, 3.8) is 0 Å². The molecule has 0 saturated carbocycles. The molecule has 1 rings (SSSR count). The van der Waals surface area contributed by atoms with E-state index in [2.05, 4.69) is 9.97 Å². The lowest BCUT2D eigenvalue weighted by atomic mass is 10.1. The molecule has 1 aromatic rings. The van der Waals surface area contributed by atoms with Crippen LogP contribution in [0.25, 0.3) is 0 Å². The highest BCUT2D eigenvalue weighted by Crippen LogP contribution is 2.22. The van der Waals surface area contributed by atoms with E-state index in [1.54, 1.807) is 0 Å². The van der Waals surface area contributed by atoms with Crippen LogP contribution < -0.4 is 5.56 Å². The summed E-state index contributed by atoms with van der Waals surface area (Å²) in [6, 6.07) is 1.03. The molecule has 1 aromatic heterocycles. The standard InChI is InChI=1S/C10H16N2O3/c1-4-15-9(6(2)3)10-11-7(13)5-8(14)12-10/h5-6,9H,4H2,1-3H3,(H2,11,12,13,14). The summed E-state index contributed by atoms with van der Waals surface area (Å²) in [6.07, 6.45) is -0.296. The van der Waals surface area contributed by atoms with Crippen LogP contribution in [0.15, 0.2) is 10.9 Å². The van der Waals surface area contributed by atoms with Crippen molar-refractivity contribution in [3.8, 4) is 5.88 Å². The lowest BCUT2D eigenvalue weighted by Gasteiger charge is -2.19. The van der Waals surface area contributed by atoms with Gasteiger partial charge in [0.1, 0.15) is 11.9 Å². The van der Waals surface area contributed by atoms with Crippen molar-refractivity contribution in [3.05, 3.63) is 22.2 Å². The molecule has 5 nitrogen and oxygen atoms in total. The smallest absolute Gasteiger partial charge is 0.254 e. The summed E-state index contributed by atoms with van der Waals surface area (Å²) in [5.41, 5.74) is -0.372. The molecule has 1 heterocycles. The van der Waals surface area contributed by atoms with Crippen LogP contribution in [-0.4, -0.2) is 21.7 Å². The summed E-state index contributed by atoms with van der Waals surface area (Å²) in [4.78, 5) is 17.5. The molecular formula is C10H16N2O3. The van der Waals surface area contributed by atoms with E-state index in [-0.39, 0.29) is 23.5 Å². The van der Waals surface area contributed by atoms with Gasteiger partial charge in [0, 0.05) is 6.61 Å². The van der Waals surface area contributed by atoms with Crippen LogP contribution >= 0.6 is 0 Å². The van der Waals surface area contributed by atoms with Crippen LogP contribution in [0.1, 0.15) is 32.7 Å². The van der Waals surface area contributed by atoms with Gasteiger partial charge in [0.05, 0.1) is 6.07 Å². The molecule has 0 amide bonds. The minimum Gasteiger partial charge on any atom is -0.493 e. The summed E-state index contributed by atoms with van der Waals surface area (Å²) < 4.78 is 5.46. The highest BCUT2D eigenvalue weighted by Gasteiger charge is 2.19. The Balaban J connectivity index is 3.05. The Bertz CT molecular complexity index is 373. The van der Waals surface area contributed by atoms with E-state index in [1.165, 1.54) is 0 Å². The first-order valence-electron chi connectivity index (χ1n) is 4.96. The van der Waals surface area contributed by atoms with Crippen molar-refractivity contribution in [1.29, 1.82) is 0 Å². The van der Waals surface area contributed by atoms with Crippen LogP contribution in [0.4, 0.5) is 0 Å². The second-order valence-corrected chi connectivity index (χ2v) is 3.61. The molecular weight excluding hydrogens is 196 g/mol. The van der Waals surface area contributed by atoms with Crippen molar-refractivity contribution in [2.75, 3.05) is 6.61 Å². The van der Waals surface area contributed by atoms with E-state index in [0.717, 1.165) is 6.07 Å². The Morgan fingerprint density at radius 2 is 2.27 bits per heavy atom. The Kier molecular flexibility index (Phi) is 3.85. The molecule has 1 atom stereocenters. The minimum atomic E-state index is -0.372. The Labute approximate surface area is 88.1 Å². The molecule has 0 saturated heterocycles. The molecule has 2 N–H and O–H groups in total. The number of H-pyrrole nitrogens is 1. The van der Waals surface area contributed by atoms with Crippen LogP contribution in [0.2, 0.25) is 0 Å². The first-order valence-corrected chi connectivity index (χ1v) is 4.96. The normalized spacial score (nSPS) is 13.1. The molecule has 0 aliphatic heterocycles. The number of nitrogens with one attached hydrogen (secondary N) is 1. The highest BCUT2D eigenvalue weighted by molar-refractivity contribution is 5.08. The third-order valence-electron chi connectivity index (χ3n) is 1.97. The number of rotatable bonds is 4. The van der Waals surface area contributed by atoms with Crippen LogP contribution in [0, 0.1) is 5.92 Å². The number of ether oxygens (including phenoxy) is 1. The zero-order valence-corrected chi connectivity index (χ0v) is 9.15. The number of hydrogen-bond donors (Lipinski definition) is 2. The maximum absolute atomic E-state index is 11.1. The number of hydrogen-bond acceptors (Lipinski definition) is 4. The fourth-order valence-corrected chi connectivity index (χ4v) is 1.36. The Hall–Kier alpha value is -1.36. The van der Waals surface area contributed by atoms with E-state index < -0.39 is 0 Å². The van der Waals surface area contributed by atoms with E-state index in [4.69, 9.17) is 4.74 Å². The monoisotopic (exact) mass is 212 g/mol. The molecule has 0 radical (unpaired) electrons. The van der Waals surface area contributed by atoms with Crippen LogP contribution in [0.3, 0.4) is 0 Å². The third-order valence-corrected chi connectivity index (χ3v) is 1.97. The van der Waals surface area contributed by atoms with Crippen molar-refractivity contribution >= 4 is 0 Å². The SMILES string of the molecule is CCOC(c1nc(O)cc(=O)[nH]1)C(C)C. The van der Waals surface area contributed by atoms with Crippen LogP contribution in [-0.2, 0) is 4.74 Å². The molecule has 0 aliphatic carbocycles. The maximum Gasteiger partial charge on any atom is 0.254 e. The van der Waals surface area contributed by atoms with Gasteiger partial charge in [-0.25, -0.2) is 0 Å². The fourth-order valence-electron chi connectivity index (χ4n) is 1.36. The highest BCUT2D eigenvalue weighted by atomic mass is 16.5. The van der Waals surface area contributed by atoms with Gasteiger partial charge in [-0.05, 0) is 12.8 Å². The molecule has 84 valence electrons. The Morgan fingerprint density at radius 3 is 2.73 bits per heavy atom. The molecule has 1 unspecified atom stereocenters. The molecule has 5 heteroatoms. The van der Waals surface area contributed by atoms with E-state index in [9.17, 15) is 9.90 Å². The van der Waals surface area contributed by atoms with E-state index >= 15 is 0 Å². The molecule has 0 spiro atoms. The second-order valence-electron chi connectivity index (χ2n) is 3.61. The van der Waals surface area contributed by atoms with Gasteiger partial charge < -0.3 is 14.8 Å². The Morgan fingerprint density at radius 1 is 1.60 bits per heavy atom. The molecule has 15 heavy (non-hydrogen) atoms. The summed E-state index contributed by atoms with van der Waals surface area (Å²) in [5, 5.41) is 9.21.